The summed E-state index contributed by atoms with van der Waals surface area (Å²) in [6, 6.07) is 0. The molecule has 0 aromatic carbocycles. The number of hydrogen-bond acceptors (Lipinski definition) is 15. The van der Waals surface area contributed by atoms with Gasteiger partial charge in [-0.05, 0) is 37.5 Å². The first kappa shape index (κ1) is 93.1. The van der Waals surface area contributed by atoms with Gasteiger partial charge in [-0.15, -0.1) is 0 Å². The molecule has 17 nitrogen and oxygen atoms in total. The van der Waals surface area contributed by atoms with E-state index in [1.807, 2.05) is 0 Å². The summed E-state index contributed by atoms with van der Waals surface area (Å²) in [7, 11) is -9.91. The van der Waals surface area contributed by atoms with Crippen molar-refractivity contribution in [3.63, 3.8) is 0 Å². The molecule has 0 aromatic rings. The second-order valence-corrected chi connectivity index (χ2v) is 31.3. The van der Waals surface area contributed by atoms with Gasteiger partial charge in [0.2, 0.25) is 0 Å². The van der Waals surface area contributed by atoms with Gasteiger partial charge in [-0.1, -0.05) is 343 Å². The predicted octanol–water partition coefficient (Wildman–Crippen LogP) is 22.3. The number of hydrogen-bond donors (Lipinski definition) is 3. The van der Waals surface area contributed by atoms with Crippen LogP contribution in [0.3, 0.4) is 0 Å². The van der Waals surface area contributed by atoms with Crippen LogP contribution in [-0.4, -0.2) is 96.7 Å². The van der Waals surface area contributed by atoms with Gasteiger partial charge >= 0.3 is 39.5 Å². The Morgan fingerprint density at radius 3 is 0.716 bits per heavy atom. The maximum absolute atomic E-state index is 13.1. The van der Waals surface area contributed by atoms with E-state index in [1.165, 1.54) is 199 Å². The van der Waals surface area contributed by atoms with Gasteiger partial charge in [0.25, 0.3) is 0 Å². The molecule has 0 radical (unpaired) electrons. The van der Waals surface area contributed by atoms with E-state index in [0.717, 1.165) is 115 Å². The lowest BCUT2D eigenvalue weighted by molar-refractivity contribution is -0.161. The summed E-state index contributed by atoms with van der Waals surface area (Å²) >= 11 is 0. The van der Waals surface area contributed by atoms with Gasteiger partial charge in [-0.25, -0.2) is 9.13 Å². The number of carbonyl (C=O) groups is 4. The molecule has 19 heteroatoms. The molecule has 0 aromatic heterocycles. The molecule has 0 bridgehead atoms. The summed E-state index contributed by atoms with van der Waals surface area (Å²) < 4.78 is 68.4. The van der Waals surface area contributed by atoms with Gasteiger partial charge in [-0.2, -0.15) is 0 Å². The lowest BCUT2D eigenvalue weighted by atomic mass is 10.0. The molecule has 0 aliphatic carbocycles. The molecule has 2 unspecified atom stereocenters. The highest BCUT2D eigenvalue weighted by Crippen LogP contribution is 2.45. The van der Waals surface area contributed by atoms with E-state index in [4.69, 9.17) is 37.0 Å². The Hall–Kier alpha value is -1.94. The summed E-state index contributed by atoms with van der Waals surface area (Å²) in [6.07, 6.45) is 55.7. The van der Waals surface area contributed by atoms with Gasteiger partial charge in [0.05, 0.1) is 26.4 Å². The lowest BCUT2D eigenvalue weighted by Gasteiger charge is -2.21. The second-order valence-electron chi connectivity index (χ2n) is 28.3. The highest BCUT2D eigenvalue weighted by atomic mass is 31.2. The standard InChI is InChI=1S/C76H148O17P2/c1-7-9-11-13-15-16-17-18-19-20-21-22-23-26-30-36-42-48-54-60-75(80)93-72(65-87-74(79)59-53-47-41-35-29-27-24-25-28-33-39-44-50-56-68(3)4)67-91-95(84,85)89-63-70(77)62-88-94(82,83)90-66-71(64-86-73(78)58-52-46-38-14-12-10-8-2)92-76(81)61-55-49-43-37-32-31-34-40-45-51-57-69(5)6/h68-72,77H,7-67H2,1-6H3,(H,82,83)(H,84,85)/t70-,71+,72+/m0/s1. The molecule has 95 heavy (non-hydrogen) atoms. The largest absolute Gasteiger partial charge is 0.472 e. The van der Waals surface area contributed by atoms with Crippen LogP contribution in [0.1, 0.15) is 395 Å². The van der Waals surface area contributed by atoms with Crippen LogP contribution in [-0.2, 0) is 65.4 Å². The zero-order chi connectivity index (χ0) is 70.0. The molecular weight excluding hydrogens is 1250 g/mol. The van der Waals surface area contributed by atoms with Crippen molar-refractivity contribution < 1.29 is 80.2 Å². The Labute approximate surface area is 581 Å². The normalized spacial score (nSPS) is 14.0. The SMILES string of the molecule is CCCCCCCCCCCCCCCCCCCCCC(=O)O[C@H](COC(=O)CCCCCCCCCCCCCCCC(C)C)COP(=O)(O)OC[C@@H](O)COP(=O)(O)OC[C@@H](COC(=O)CCCCCCCCC)OC(=O)CCCCCCCCCCCCC(C)C. The molecule has 0 heterocycles. The molecule has 564 valence electrons. The van der Waals surface area contributed by atoms with E-state index < -0.39 is 97.5 Å². The monoisotopic (exact) mass is 1400 g/mol. The number of ether oxygens (including phenoxy) is 4. The van der Waals surface area contributed by atoms with Gasteiger partial charge in [0.1, 0.15) is 19.3 Å². The van der Waals surface area contributed by atoms with Crippen molar-refractivity contribution in [3.05, 3.63) is 0 Å². The van der Waals surface area contributed by atoms with Crippen LogP contribution >= 0.6 is 15.6 Å². The third-order valence-corrected chi connectivity index (χ3v) is 19.6. The summed E-state index contributed by atoms with van der Waals surface area (Å²) in [4.78, 5) is 72.7. The van der Waals surface area contributed by atoms with E-state index in [-0.39, 0.29) is 25.7 Å². The third kappa shape index (κ3) is 70.3. The van der Waals surface area contributed by atoms with Crippen molar-refractivity contribution in [3.8, 4) is 0 Å². The molecule has 0 amide bonds. The average molecular weight is 1400 g/mol. The van der Waals surface area contributed by atoms with Crippen LogP contribution in [0.15, 0.2) is 0 Å². The van der Waals surface area contributed by atoms with Gasteiger partial charge in [0.15, 0.2) is 12.2 Å². The summed E-state index contributed by atoms with van der Waals surface area (Å²) in [5.41, 5.74) is 0. The smallest absolute Gasteiger partial charge is 0.462 e. The van der Waals surface area contributed by atoms with E-state index in [2.05, 4.69) is 41.5 Å². The number of phosphoric ester groups is 2. The molecule has 0 saturated heterocycles. The summed E-state index contributed by atoms with van der Waals surface area (Å²) in [5, 5.41) is 10.6. The van der Waals surface area contributed by atoms with Gasteiger partial charge < -0.3 is 33.8 Å². The number of aliphatic hydroxyl groups excluding tert-OH is 1. The zero-order valence-corrected chi connectivity index (χ0v) is 63.8. The van der Waals surface area contributed by atoms with Crippen LogP contribution in [0, 0.1) is 11.8 Å². The number of carbonyl (C=O) groups excluding carboxylic acids is 4. The Morgan fingerprint density at radius 1 is 0.284 bits per heavy atom. The quantitative estimate of drug-likeness (QED) is 0.0222. The first-order valence-electron chi connectivity index (χ1n) is 39.5. The van der Waals surface area contributed by atoms with Gasteiger partial charge in [0, 0.05) is 25.7 Å². The fraction of sp³-hybridized carbons (Fsp3) is 0.947. The van der Waals surface area contributed by atoms with Crippen molar-refractivity contribution in [1.29, 1.82) is 0 Å². The van der Waals surface area contributed by atoms with Crippen molar-refractivity contribution in [2.45, 2.75) is 413 Å². The number of phosphoric acid groups is 2. The topological polar surface area (TPSA) is 237 Å². The van der Waals surface area contributed by atoms with Crippen molar-refractivity contribution in [2.24, 2.45) is 11.8 Å². The fourth-order valence-corrected chi connectivity index (χ4v) is 13.2. The number of rotatable bonds is 75. The van der Waals surface area contributed by atoms with Crippen LogP contribution in [0.25, 0.3) is 0 Å². The lowest BCUT2D eigenvalue weighted by Crippen LogP contribution is -2.30. The molecule has 3 N–H and O–H groups in total. The number of unbranched alkanes of at least 4 members (excludes halogenated alkanes) is 45. The van der Waals surface area contributed by atoms with E-state index >= 15 is 0 Å². The Kier molecular flexibility index (Phi) is 66.5. The van der Waals surface area contributed by atoms with Crippen LogP contribution in [0.5, 0.6) is 0 Å². The van der Waals surface area contributed by atoms with Crippen LogP contribution < -0.4 is 0 Å². The van der Waals surface area contributed by atoms with Crippen molar-refractivity contribution >= 4 is 39.5 Å². The van der Waals surface area contributed by atoms with E-state index in [9.17, 15) is 43.2 Å². The van der Waals surface area contributed by atoms with Crippen molar-refractivity contribution in [1.82, 2.24) is 0 Å². The molecule has 0 rings (SSSR count). The first-order chi connectivity index (χ1) is 45.9. The highest BCUT2D eigenvalue weighted by molar-refractivity contribution is 7.47. The third-order valence-electron chi connectivity index (χ3n) is 17.7. The maximum atomic E-state index is 13.1. The summed E-state index contributed by atoms with van der Waals surface area (Å²) in [5.74, 6) is -0.577. The minimum Gasteiger partial charge on any atom is -0.462 e. The molecule has 5 atom stereocenters. The number of esters is 4. The Morgan fingerprint density at radius 2 is 0.484 bits per heavy atom. The summed E-state index contributed by atoms with van der Waals surface area (Å²) in [6.45, 7) is 9.56. The molecule has 0 spiro atoms. The first-order valence-corrected chi connectivity index (χ1v) is 42.5. The predicted molar refractivity (Wildman–Crippen MR) is 386 cm³/mol. The fourth-order valence-electron chi connectivity index (χ4n) is 11.7. The minimum absolute atomic E-state index is 0.106. The van der Waals surface area contributed by atoms with Crippen LogP contribution in [0.2, 0.25) is 0 Å². The molecule has 0 saturated carbocycles. The number of aliphatic hydroxyl groups is 1. The maximum Gasteiger partial charge on any atom is 0.472 e. The van der Waals surface area contributed by atoms with Gasteiger partial charge in [-0.3, -0.25) is 37.3 Å². The van der Waals surface area contributed by atoms with E-state index in [1.54, 1.807) is 0 Å². The average Bonchev–Trinajstić information content (AvgIpc) is 3.21. The van der Waals surface area contributed by atoms with Crippen LogP contribution in [0.4, 0.5) is 0 Å². The van der Waals surface area contributed by atoms with E-state index in [0.29, 0.717) is 25.7 Å². The second kappa shape index (κ2) is 67.9. The highest BCUT2D eigenvalue weighted by Gasteiger charge is 2.30. The van der Waals surface area contributed by atoms with Crippen molar-refractivity contribution in [2.75, 3.05) is 39.6 Å². The molecule has 0 fully saturated rings. The molecular formula is C76H148O17P2. The molecule has 0 aliphatic heterocycles. The zero-order valence-electron chi connectivity index (χ0n) is 62.0. The molecule has 0 aliphatic rings. The Bertz CT molecular complexity index is 1840. The minimum atomic E-state index is -4.96. The Balaban J connectivity index is 5.19.